The molecule has 0 aliphatic rings. The topological polar surface area (TPSA) is 17.1 Å². The van der Waals surface area contributed by atoms with Crippen LogP contribution in [0.3, 0.4) is 0 Å². The first kappa shape index (κ1) is 14.1. The van der Waals surface area contributed by atoms with E-state index in [1.54, 1.807) is 12.1 Å². The average Bonchev–Trinajstić information content (AvgIpc) is 2.41. The zero-order chi connectivity index (χ0) is 13.7. The zero-order valence-electron chi connectivity index (χ0n) is 10.1. The van der Waals surface area contributed by atoms with Crippen LogP contribution in [0.4, 0.5) is 4.39 Å². The van der Waals surface area contributed by atoms with Crippen LogP contribution in [0.1, 0.15) is 5.56 Å². The molecule has 2 aromatic carbocycles. The van der Waals surface area contributed by atoms with Crippen molar-refractivity contribution in [3.8, 4) is 0 Å². The lowest BCUT2D eigenvalue weighted by Crippen LogP contribution is -2.07. The summed E-state index contributed by atoms with van der Waals surface area (Å²) in [6.45, 7) is 0. The van der Waals surface area contributed by atoms with Gasteiger partial charge in [-0.3, -0.25) is 4.79 Å². The van der Waals surface area contributed by atoms with E-state index in [-0.39, 0.29) is 12.2 Å². The van der Waals surface area contributed by atoms with Crippen molar-refractivity contribution in [2.45, 2.75) is 11.3 Å². The van der Waals surface area contributed by atoms with Gasteiger partial charge in [0.2, 0.25) is 0 Å². The van der Waals surface area contributed by atoms with E-state index in [1.807, 2.05) is 30.3 Å². The molecule has 0 saturated carbocycles. The van der Waals surface area contributed by atoms with Gasteiger partial charge in [0, 0.05) is 16.3 Å². The molecular weight excluding hydrogens is 283 g/mol. The van der Waals surface area contributed by atoms with Crippen LogP contribution in [0.15, 0.2) is 53.4 Å². The smallest absolute Gasteiger partial charge is 0.147 e. The van der Waals surface area contributed by atoms with Gasteiger partial charge in [-0.2, -0.15) is 0 Å². The van der Waals surface area contributed by atoms with E-state index >= 15 is 0 Å². The minimum absolute atomic E-state index is 0.00456. The van der Waals surface area contributed by atoms with Crippen LogP contribution in [0.25, 0.3) is 0 Å². The second-order valence-corrected chi connectivity index (χ2v) is 5.54. The summed E-state index contributed by atoms with van der Waals surface area (Å²) < 4.78 is 13.5. The second kappa shape index (κ2) is 6.73. The molecule has 0 unspecified atom stereocenters. The molecule has 0 saturated heterocycles. The highest BCUT2D eigenvalue weighted by molar-refractivity contribution is 8.00. The lowest BCUT2D eigenvalue weighted by molar-refractivity contribution is -0.116. The van der Waals surface area contributed by atoms with Gasteiger partial charge in [-0.05, 0) is 29.8 Å². The lowest BCUT2D eigenvalue weighted by Gasteiger charge is -2.03. The molecule has 0 atom stereocenters. The third-order valence-electron chi connectivity index (χ3n) is 2.55. The molecule has 0 aliphatic heterocycles. The number of carbonyl (C=O) groups excluding carboxylic acids is 1. The van der Waals surface area contributed by atoms with Crippen molar-refractivity contribution < 1.29 is 9.18 Å². The maximum atomic E-state index is 13.5. The van der Waals surface area contributed by atoms with Gasteiger partial charge < -0.3 is 0 Å². The number of rotatable bonds is 5. The first-order chi connectivity index (χ1) is 9.15. The monoisotopic (exact) mass is 294 g/mol. The van der Waals surface area contributed by atoms with Crippen LogP contribution in [0, 0.1) is 5.82 Å². The Morgan fingerprint density at radius 3 is 2.58 bits per heavy atom. The third-order valence-corrected chi connectivity index (χ3v) is 3.85. The highest BCUT2D eigenvalue weighted by atomic mass is 35.5. The summed E-state index contributed by atoms with van der Waals surface area (Å²) in [7, 11) is 0. The molecular formula is C15H12ClFOS. The van der Waals surface area contributed by atoms with Gasteiger partial charge in [-0.25, -0.2) is 4.39 Å². The minimum Gasteiger partial charge on any atom is -0.298 e. The Hall–Kier alpha value is -1.32. The van der Waals surface area contributed by atoms with Crippen LogP contribution >= 0.6 is 23.4 Å². The van der Waals surface area contributed by atoms with Crippen molar-refractivity contribution in [1.82, 2.24) is 0 Å². The predicted molar refractivity (Wildman–Crippen MR) is 77.3 cm³/mol. The number of carbonyl (C=O) groups is 1. The van der Waals surface area contributed by atoms with Crippen molar-refractivity contribution in [2.75, 3.05) is 5.75 Å². The first-order valence-electron chi connectivity index (χ1n) is 5.78. The largest absolute Gasteiger partial charge is 0.298 e. The highest BCUT2D eigenvalue weighted by Crippen LogP contribution is 2.19. The van der Waals surface area contributed by atoms with E-state index in [0.717, 1.165) is 4.90 Å². The molecule has 2 aromatic rings. The summed E-state index contributed by atoms with van der Waals surface area (Å²) in [5.41, 5.74) is 0.392. The zero-order valence-corrected chi connectivity index (χ0v) is 11.7. The van der Waals surface area contributed by atoms with Crippen molar-refractivity contribution in [3.05, 3.63) is 64.9 Å². The number of thioether (sulfide) groups is 1. The summed E-state index contributed by atoms with van der Waals surface area (Å²) in [5, 5.41) is 0.340. The fourth-order valence-electron chi connectivity index (χ4n) is 1.61. The molecule has 0 aromatic heterocycles. The molecule has 0 bridgehead atoms. The molecule has 0 radical (unpaired) electrons. The number of hydrogen-bond acceptors (Lipinski definition) is 2. The Kier molecular flexibility index (Phi) is 5.00. The number of benzene rings is 2. The number of halogens is 2. The average molecular weight is 295 g/mol. The van der Waals surface area contributed by atoms with Gasteiger partial charge in [0.25, 0.3) is 0 Å². The molecule has 2 rings (SSSR count). The second-order valence-electron chi connectivity index (χ2n) is 4.05. The number of Topliss-reactive ketones (excluding diaryl/α,β-unsaturated/α-hetero) is 1. The highest BCUT2D eigenvalue weighted by Gasteiger charge is 2.09. The van der Waals surface area contributed by atoms with Gasteiger partial charge in [0.1, 0.15) is 11.6 Å². The molecule has 19 heavy (non-hydrogen) atoms. The fourth-order valence-corrected chi connectivity index (χ4v) is 2.55. The molecule has 0 fully saturated rings. The predicted octanol–water partition coefficient (Wildman–Crippen LogP) is 4.38. The fraction of sp³-hybridized carbons (Fsp3) is 0.133. The molecule has 1 nitrogen and oxygen atoms in total. The normalized spacial score (nSPS) is 10.4. The van der Waals surface area contributed by atoms with Gasteiger partial charge in [-0.15, -0.1) is 11.8 Å². The van der Waals surface area contributed by atoms with E-state index in [2.05, 4.69) is 0 Å². The van der Waals surface area contributed by atoms with E-state index in [4.69, 9.17) is 11.6 Å². The van der Waals surface area contributed by atoms with Crippen molar-refractivity contribution >= 4 is 29.1 Å². The maximum absolute atomic E-state index is 13.5. The molecule has 0 N–H and O–H groups in total. The Labute approximate surface area is 120 Å². The van der Waals surface area contributed by atoms with E-state index in [0.29, 0.717) is 16.3 Å². The van der Waals surface area contributed by atoms with Crippen LogP contribution in [0.5, 0.6) is 0 Å². The molecule has 4 heteroatoms. The molecule has 0 amide bonds. The maximum Gasteiger partial charge on any atom is 0.147 e. The molecule has 0 aliphatic carbocycles. The van der Waals surface area contributed by atoms with Crippen LogP contribution in [-0.2, 0) is 11.2 Å². The number of ketones is 1. The van der Waals surface area contributed by atoms with Crippen LogP contribution in [0.2, 0.25) is 5.02 Å². The lowest BCUT2D eigenvalue weighted by atomic mass is 10.1. The summed E-state index contributed by atoms with van der Waals surface area (Å²) in [6.07, 6.45) is 0.100. The molecule has 98 valence electrons. The Morgan fingerprint density at radius 1 is 1.16 bits per heavy atom. The van der Waals surface area contributed by atoms with Crippen molar-refractivity contribution in [2.24, 2.45) is 0 Å². The molecule has 0 heterocycles. The van der Waals surface area contributed by atoms with Crippen molar-refractivity contribution in [3.63, 3.8) is 0 Å². The Balaban J connectivity index is 1.91. The summed E-state index contributed by atoms with van der Waals surface area (Å²) in [4.78, 5) is 12.8. The first-order valence-corrected chi connectivity index (χ1v) is 7.15. The van der Waals surface area contributed by atoms with Crippen LogP contribution < -0.4 is 0 Å². The summed E-state index contributed by atoms with van der Waals surface area (Å²) in [5.74, 6) is -0.0906. The van der Waals surface area contributed by atoms with Crippen LogP contribution in [-0.4, -0.2) is 11.5 Å². The van der Waals surface area contributed by atoms with E-state index in [1.165, 1.54) is 17.8 Å². The standard InChI is InChI=1S/C15H12ClFOS/c16-12-7-6-11(15(17)9-12)8-13(18)10-19-14-4-2-1-3-5-14/h1-7,9H,8,10H2. The third kappa shape index (κ3) is 4.37. The minimum atomic E-state index is -0.425. The molecule has 0 spiro atoms. The van der Waals surface area contributed by atoms with Gasteiger partial charge >= 0.3 is 0 Å². The van der Waals surface area contributed by atoms with E-state index in [9.17, 15) is 9.18 Å². The quantitative estimate of drug-likeness (QED) is 0.761. The van der Waals surface area contributed by atoms with Gasteiger partial charge in [0.05, 0.1) is 5.75 Å². The Morgan fingerprint density at radius 2 is 1.89 bits per heavy atom. The van der Waals surface area contributed by atoms with Gasteiger partial charge in [-0.1, -0.05) is 35.9 Å². The Bertz CT molecular complexity index is 572. The van der Waals surface area contributed by atoms with Gasteiger partial charge in [0.15, 0.2) is 0 Å². The number of hydrogen-bond donors (Lipinski definition) is 0. The van der Waals surface area contributed by atoms with Crippen molar-refractivity contribution in [1.29, 1.82) is 0 Å². The van der Waals surface area contributed by atoms with E-state index < -0.39 is 5.82 Å². The summed E-state index contributed by atoms with van der Waals surface area (Å²) >= 11 is 7.12. The SMILES string of the molecule is O=C(CSc1ccccc1)Cc1ccc(Cl)cc1F. The summed E-state index contributed by atoms with van der Waals surface area (Å²) in [6, 6.07) is 14.0.